The fraction of sp³-hybridized carbons (Fsp3) is 0.444. The topological polar surface area (TPSA) is 71.7 Å². The third-order valence-corrected chi connectivity index (χ3v) is 4.68. The number of aliphatic imine (C=N–C) groups is 1. The first-order chi connectivity index (χ1) is 12.9. The number of hydrogen-bond donors (Lipinski definition) is 2. The lowest BCUT2D eigenvalue weighted by Crippen LogP contribution is -2.39. The number of guanidine groups is 1. The van der Waals surface area contributed by atoms with Crippen LogP contribution in [0.2, 0.25) is 15.1 Å². The van der Waals surface area contributed by atoms with E-state index in [1.165, 1.54) is 5.56 Å². The fourth-order valence-corrected chi connectivity index (χ4v) is 3.47. The van der Waals surface area contributed by atoms with Crippen molar-refractivity contribution in [1.82, 2.24) is 15.8 Å². The van der Waals surface area contributed by atoms with Gasteiger partial charge in [-0.2, -0.15) is 0 Å². The molecule has 0 aliphatic rings. The number of aromatic nitrogens is 1. The molecule has 1 aromatic carbocycles. The molecule has 10 heteroatoms. The molecule has 0 radical (unpaired) electrons. The van der Waals surface area contributed by atoms with Crippen LogP contribution in [-0.4, -0.2) is 37.9 Å². The summed E-state index contributed by atoms with van der Waals surface area (Å²) in [5.74, 6) is 2.00. The van der Waals surface area contributed by atoms with E-state index in [9.17, 15) is 0 Å². The Hall–Kier alpha value is -0.900. The Morgan fingerprint density at radius 2 is 1.79 bits per heavy atom. The lowest BCUT2D eigenvalue weighted by Gasteiger charge is -2.14. The minimum atomic E-state index is 0. The molecule has 1 heterocycles. The first-order valence-corrected chi connectivity index (χ1v) is 9.69. The second kappa shape index (κ2) is 12.6. The van der Waals surface area contributed by atoms with Crippen LogP contribution in [0.25, 0.3) is 0 Å². The van der Waals surface area contributed by atoms with Gasteiger partial charge in [-0.25, -0.2) is 0 Å². The maximum absolute atomic E-state index is 6.09. The Labute approximate surface area is 197 Å². The quantitative estimate of drug-likeness (QED) is 0.204. The molecule has 0 aliphatic carbocycles. The molecule has 0 bridgehead atoms. The minimum absolute atomic E-state index is 0. The van der Waals surface area contributed by atoms with E-state index in [2.05, 4.69) is 20.8 Å². The molecule has 0 saturated heterocycles. The van der Waals surface area contributed by atoms with Crippen LogP contribution < -0.4 is 15.4 Å². The van der Waals surface area contributed by atoms with E-state index >= 15 is 0 Å². The van der Waals surface area contributed by atoms with Crippen molar-refractivity contribution in [1.29, 1.82) is 0 Å². The van der Waals surface area contributed by atoms with Crippen LogP contribution in [-0.2, 0) is 6.42 Å². The summed E-state index contributed by atoms with van der Waals surface area (Å²) in [5, 5.41) is 11.6. The number of rotatable bonds is 8. The number of ether oxygens (including phenoxy) is 1. The van der Waals surface area contributed by atoms with Crippen LogP contribution in [0.3, 0.4) is 0 Å². The number of aryl methyl sites for hydroxylation is 2. The molecule has 1 aromatic heterocycles. The summed E-state index contributed by atoms with van der Waals surface area (Å²) in [5.41, 5.74) is 2.12. The molecule has 2 rings (SSSR count). The van der Waals surface area contributed by atoms with Crippen LogP contribution in [0.5, 0.6) is 5.75 Å². The van der Waals surface area contributed by atoms with Crippen molar-refractivity contribution in [2.45, 2.75) is 26.7 Å². The van der Waals surface area contributed by atoms with Gasteiger partial charge in [-0.05, 0) is 38.8 Å². The van der Waals surface area contributed by atoms with Gasteiger partial charge in [0.05, 0.1) is 22.3 Å². The van der Waals surface area contributed by atoms with Gasteiger partial charge in [0.15, 0.2) is 11.7 Å². The molecular weight excluding hydrogens is 537 g/mol. The molecular formula is C18H24Cl3IN4O2. The van der Waals surface area contributed by atoms with Crippen LogP contribution in [0.4, 0.5) is 0 Å². The second-order valence-electron chi connectivity index (χ2n) is 5.88. The predicted octanol–water partition coefficient (Wildman–Crippen LogP) is 5.05. The highest BCUT2D eigenvalue weighted by molar-refractivity contribution is 14.0. The molecule has 0 spiro atoms. The van der Waals surface area contributed by atoms with Crippen molar-refractivity contribution < 1.29 is 9.26 Å². The van der Waals surface area contributed by atoms with Crippen LogP contribution in [0.1, 0.15) is 23.4 Å². The second-order valence-corrected chi connectivity index (χ2v) is 7.13. The number of nitrogens with zero attached hydrogens (tertiary/aromatic N) is 2. The Morgan fingerprint density at radius 3 is 2.36 bits per heavy atom. The molecule has 0 amide bonds. The highest BCUT2D eigenvalue weighted by Crippen LogP contribution is 2.35. The standard InChI is InChI=1S/C18H23Cl3N4O2.HI/c1-11-14(12(2)27-25-11)5-4-6-23-18(22-3)24-7-8-26-17-15(20)9-13(19)10-16(17)21;/h9-10H,4-8H2,1-3H3,(H2,22,23,24);1H. The van der Waals surface area contributed by atoms with Crippen molar-refractivity contribution in [3.05, 3.63) is 44.2 Å². The van der Waals surface area contributed by atoms with Crippen LogP contribution in [0, 0.1) is 13.8 Å². The molecule has 0 atom stereocenters. The Balaban J connectivity index is 0.00000392. The zero-order valence-electron chi connectivity index (χ0n) is 15.9. The van der Waals surface area contributed by atoms with Gasteiger partial charge >= 0.3 is 0 Å². The van der Waals surface area contributed by atoms with Gasteiger partial charge < -0.3 is 19.9 Å². The lowest BCUT2D eigenvalue weighted by atomic mass is 10.1. The monoisotopic (exact) mass is 560 g/mol. The van der Waals surface area contributed by atoms with Gasteiger partial charge in [-0.3, -0.25) is 4.99 Å². The molecule has 6 nitrogen and oxygen atoms in total. The van der Waals surface area contributed by atoms with Crippen molar-refractivity contribution in [3.63, 3.8) is 0 Å². The Kier molecular flexibility index (Phi) is 11.3. The zero-order valence-corrected chi connectivity index (χ0v) is 20.5. The van der Waals surface area contributed by atoms with Crippen molar-refractivity contribution in [2.24, 2.45) is 4.99 Å². The van der Waals surface area contributed by atoms with E-state index in [0.29, 0.717) is 39.9 Å². The summed E-state index contributed by atoms with van der Waals surface area (Å²) in [6.45, 7) is 5.58. The molecule has 0 unspecified atom stereocenters. The van der Waals surface area contributed by atoms with Gasteiger partial charge in [-0.1, -0.05) is 40.0 Å². The molecule has 156 valence electrons. The lowest BCUT2D eigenvalue weighted by molar-refractivity contribution is 0.322. The van der Waals surface area contributed by atoms with Crippen molar-refractivity contribution >= 4 is 64.7 Å². The van der Waals surface area contributed by atoms with E-state index in [1.54, 1.807) is 19.2 Å². The van der Waals surface area contributed by atoms with E-state index in [0.717, 1.165) is 30.8 Å². The van der Waals surface area contributed by atoms with Crippen LogP contribution >= 0.6 is 58.8 Å². The Bertz CT molecular complexity index is 757. The summed E-state index contributed by atoms with van der Waals surface area (Å²) in [6, 6.07) is 3.19. The molecule has 0 aliphatic heterocycles. The van der Waals surface area contributed by atoms with E-state index in [-0.39, 0.29) is 24.0 Å². The summed E-state index contributed by atoms with van der Waals surface area (Å²) in [4.78, 5) is 4.19. The zero-order chi connectivity index (χ0) is 19.8. The van der Waals surface area contributed by atoms with Crippen molar-refractivity contribution in [3.8, 4) is 5.75 Å². The predicted molar refractivity (Wildman–Crippen MR) is 126 cm³/mol. The highest BCUT2D eigenvalue weighted by atomic mass is 127. The third kappa shape index (κ3) is 7.50. The summed E-state index contributed by atoms with van der Waals surface area (Å²) < 4.78 is 10.8. The number of hydrogen-bond acceptors (Lipinski definition) is 4. The number of benzene rings is 1. The van der Waals surface area contributed by atoms with Gasteiger partial charge in [0.1, 0.15) is 12.4 Å². The maximum atomic E-state index is 6.09. The summed E-state index contributed by atoms with van der Waals surface area (Å²) in [7, 11) is 1.72. The van der Waals surface area contributed by atoms with Gasteiger partial charge in [0.25, 0.3) is 0 Å². The van der Waals surface area contributed by atoms with Crippen molar-refractivity contribution in [2.75, 3.05) is 26.7 Å². The largest absolute Gasteiger partial charge is 0.489 e. The molecule has 28 heavy (non-hydrogen) atoms. The van der Waals surface area contributed by atoms with E-state index < -0.39 is 0 Å². The number of nitrogens with one attached hydrogen (secondary N) is 2. The molecule has 0 fully saturated rings. The first kappa shape index (κ1) is 25.1. The van der Waals surface area contributed by atoms with Gasteiger partial charge in [0, 0.05) is 24.2 Å². The molecule has 0 saturated carbocycles. The summed E-state index contributed by atoms with van der Waals surface area (Å²) >= 11 is 18.1. The number of halogens is 4. The smallest absolute Gasteiger partial charge is 0.191 e. The third-order valence-electron chi connectivity index (χ3n) is 3.90. The normalized spacial score (nSPS) is 11.1. The average molecular weight is 562 g/mol. The van der Waals surface area contributed by atoms with E-state index in [4.69, 9.17) is 44.1 Å². The Morgan fingerprint density at radius 1 is 1.14 bits per heavy atom. The summed E-state index contributed by atoms with van der Waals surface area (Å²) in [6.07, 6.45) is 1.85. The SMILES string of the molecule is CN=C(NCCCc1c(C)noc1C)NCCOc1c(Cl)cc(Cl)cc1Cl.I. The maximum Gasteiger partial charge on any atom is 0.191 e. The first-order valence-electron chi connectivity index (χ1n) is 8.56. The van der Waals surface area contributed by atoms with Gasteiger partial charge in [-0.15, -0.1) is 24.0 Å². The molecule has 2 aromatic rings. The van der Waals surface area contributed by atoms with Gasteiger partial charge in [0.2, 0.25) is 0 Å². The average Bonchev–Trinajstić information content (AvgIpc) is 2.93. The highest BCUT2D eigenvalue weighted by Gasteiger charge is 2.10. The molecule has 2 N–H and O–H groups in total. The van der Waals surface area contributed by atoms with E-state index in [1.807, 2.05) is 13.8 Å². The van der Waals surface area contributed by atoms with Crippen LogP contribution in [0.15, 0.2) is 21.6 Å². The fourth-order valence-electron chi connectivity index (χ4n) is 2.54. The minimum Gasteiger partial charge on any atom is -0.489 e.